The quantitative estimate of drug-likeness (QED) is 0.701. The van der Waals surface area contributed by atoms with Crippen molar-refractivity contribution in [3.63, 3.8) is 0 Å². The van der Waals surface area contributed by atoms with Crippen molar-refractivity contribution in [1.82, 2.24) is 25.0 Å². The van der Waals surface area contributed by atoms with E-state index in [1.807, 2.05) is 36.9 Å². The maximum absolute atomic E-state index is 5.34. The van der Waals surface area contributed by atoms with Crippen molar-refractivity contribution < 1.29 is 4.42 Å². The number of aromatic nitrogens is 5. The molecule has 96 valence electrons. The zero-order chi connectivity index (χ0) is 13.4. The first kappa shape index (κ1) is 11.6. The van der Waals surface area contributed by atoms with E-state index in [1.54, 1.807) is 13.1 Å². The molecular formula is C13H13N5O. The summed E-state index contributed by atoms with van der Waals surface area (Å²) in [5, 5.41) is 12.1. The Morgan fingerprint density at radius 2 is 2.00 bits per heavy atom. The van der Waals surface area contributed by atoms with Gasteiger partial charge in [-0.25, -0.2) is 0 Å². The van der Waals surface area contributed by atoms with Crippen LogP contribution in [0.4, 0.5) is 0 Å². The molecule has 3 rings (SSSR count). The summed E-state index contributed by atoms with van der Waals surface area (Å²) in [6.07, 6.45) is 1.78. The molecule has 0 aliphatic heterocycles. The van der Waals surface area contributed by atoms with Crippen molar-refractivity contribution in [3.05, 3.63) is 36.0 Å². The monoisotopic (exact) mass is 255 g/mol. The predicted octanol–water partition coefficient (Wildman–Crippen LogP) is 2.15. The minimum Gasteiger partial charge on any atom is -0.420 e. The molecule has 3 heterocycles. The molecule has 0 aliphatic rings. The molecule has 0 fully saturated rings. The van der Waals surface area contributed by atoms with Crippen molar-refractivity contribution in [1.29, 1.82) is 0 Å². The summed E-state index contributed by atoms with van der Waals surface area (Å²) in [6, 6.07) is 5.86. The zero-order valence-electron chi connectivity index (χ0n) is 11.0. The maximum atomic E-state index is 5.34. The summed E-state index contributed by atoms with van der Waals surface area (Å²) in [4.78, 5) is 4.35. The highest BCUT2D eigenvalue weighted by atomic mass is 16.4. The predicted molar refractivity (Wildman–Crippen MR) is 69.2 cm³/mol. The summed E-state index contributed by atoms with van der Waals surface area (Å²) in [5.41, 5.74) is 3.68. The second kappa shape index (κ2) is 4.31. The molecule has 6 heteroatoms. The first-order chi connectivity index (χ1) is 9.13. The van der Waals surface area contributed by atoms with Crippen LogP contribution in [-0.4, -0.2) is 25.0 Å². The largest absolute Gasteiger partial charge is 0.420 e. The lowest BCUT2D eigenvalue weighted by atomic mass is 10.2. The normalized spacial score (nSPS) is 10.9. The summed E-state index contributed by atoms with van der Waals surface area (Å²) >= 11 is 0. The minimum atomic E-state index is 0.435. The van der Waals surface area contributed by atoms with Gasteiger partial charge in [-0.15, -0.1) is 10.2 Å². The molecule has 0 spiro atoms. The standard InChI is InChI=1S/C13H13N5O/c1-8-6-12(18(3)17-8)10-4-5-11(14-7-10)13-16-15-9(2)19-13/h4-7H,1-3H3. The van der Waals surface area contributed by atoms with Crippen molar-refractivity contribution in [2.24, 2.45) is 7.05 Å². The van der Waals surface area contributed by atoms with Crippen LogP contribution < -0.4 is 0 Å². The van der Waals surface area contributed by atoms with Crippen LogP contribution in [0.3, 0.4) is 0 Å². The van der Waals surface area contributed by atoms with Crippen LogP contribution in [0.15, 0.2) is 28.8 Å². The fraction of sp³-hybridized carbons (Fsp3) is 0.231. The van der Waals surface area contributed by atoms with Crippen LogP contribution in [0.2, 0.25) is 0 Å². The van der Waals surface area contributed by atoms with Gasteiger partial charge in [0.05, 0.1) is 11.4 Å². The van der Waals surface area contributed by atoms with Gasteiger partial charge in [-0.1, -0.05) is 0 Å². The summed E-state index contributed by atoms with van der Waals surface area (Å²) < 4.78 is 7.18. The molecule has 0 amide bonds. The fourth-order valence-corrected chi connectivity index (χ4v) is 1.95. The second-order valence-corrected chi connectivity index (χ2v) is 4.35. The van der Waals surface area contributed by atoms with E-state index in [1.165, 1.54) is 0 Å². The van der Waals surface area contributed by atoms with Crippen LogP contribution in [-0.2, 0) is 7.05 Å². The molecule has 0 aromatic carbocycles. The first-order valence-electron chi connectivity index (χ1n) is 5.91. The zero-order valence-corrected chi connectivity index (χ0v) is 11.0. The first-order valence-corrected chi connectivity index (χ1v) is 5.91. The molecule has 6 nitrogen and oxygen atoms in total. The molecular weight excluding hydrogens is 242 g/mol. The molecule has 0 saturated heterocycles. The molecule has 0 bridgehead atoms. The number of hydrogen-bond acceptors (Lipinski definition) is 5. The van der Waals surface area contributed by atoms with Gasteiger partial charge in [0, 0.05) is 25.7 Å². The van der Waals surface area contributed by atoms with Gasteiger partial charge >= 0.3 is 0 Å². The lowest BCUT2D eigenvalue weighted by molar-refractivity contribution is 0.531. The van der Waals surface area contributed by atoms with E-state index in [2.05, 4.69) is 20.3 Å². The van der Waals surface area contributed by atoms with E-state index in [-0.39, 0.29) is 0 Å². The van der Waals surface area contributed by atoms with Crippen molar-refractivity contribution in [2.45, 2.75) is 13.8 Å². The van der Waals surface area contributed by atoms with Crippen LogP contribution in [0.25, 0.3) is 22.8 Å². The average Bonchev–Trinajstić information content (AvgIpc) is 2.96. The number of hydrogen-bond donors (Lipinski definition) is 0. The van der Waals surface area contributed by atoms with Gasteiger partial charge in [0.1, 0.15) is 5.69 Å². The summed E-state index contributed by atoms with van der Waals surface area (Å²) in [7, 11) is 1.91. The number of nitrogens with zero attached hydrogens (tertiary/aromatic N) is 5. The van der Waals surface area contributed by atoms with Gasteiger partial charge in [0.2, 0.25) is 5.89 Å². The Morgan fingerprint density at radius 1 is 1.16 bits per heavy atom. The third-order valence-corrected chi connectivity index (χ3v) is 2.81. The highest BCUT2D eigenvalue weighted by Gasteiger charge is 2.09. The van der Waals surface area contributed by atoms with Gasteiger partial charge in [0.15, 0.2) is 0 Å². The minimum absolute atomic E-state index is 0.435. The van der Waals surface area contributed by atoms with Gasteiger partial charge in [-0.05, 0) is 25.1 Å². The van der Waals surface area contributed by atoms with Crippen molar-refractivity contribution >= 4 is 0 Å². The van der Waals surface area contributed by atoms with Crippen molar-refractivity contribution in [2.75, 3.05) is 0 Å². The lowest BCUT2D eigenvalue weighted by Crippen LogP contribution is -1.94. The SMILES string of the molecule is Cc1cc(-c2ccc(-c3nnc(C)o3)nc2)n(C)n1. The van der Waals surface area contributed by atoms with Crippen LogP contribution in [0.1, 0.15) is 11.6 Å². The van der Waals surface area contributed by atoms with Gasteiger partial charge < -0.3 is 4.42 Å². The van der Waals surface area contributed by atoms with E-state index < -0.39 is 0 Å². The topological polar surface area (TPSA) is 69.6 Å². The molecule has 0 aliphatic carbocycles. The average molecular weight is 255 g/mol. The smallest absolute Gasteiger partial charge is 0.266 e. The highest BCUT2D eigenvalue weighted by Crippen LogP contribution is 2.22. The van der Waals surface area contributed by atoms with E-state index >= 15 is 0 Å². The van der Waals surface area contributed by atoms with Crippen LogP contribution >= 0.6 is 0 Å². The van der Waals surface area contributed by atoms with E-state index in [4.69, 9.17) is 4.42 Å². The van der Waals surface area contributed by atoms with Crippen molar-refractivity contribution in [3.8, 4) is 22.8 Å². The molecule has 0 unspecified atom stereocenters. The second-order valence-electron chi connectivity index (χ2n) is 4.35. The molecule has 3 aromatic heterocycles. The molecule has 19 heavy (non-hydrogen) atoms. The molecule has 0 atom stereocenters. The summed E-state index contributed by atoms with van der Waals surface area (Å²) in [6.45, 7) is 3.72. The molecule has 0 N–H and O–H groups in total. The third kappa shape index (κ3) is 2.12. The van der Waals surface area contributed by atoms with Gasteiger partial charge in [0.25, 0.3) is 5.89 Å². The summed E-state index contributed by atoms with van der Waals surface area (Å²) in [5.74, 6) is 0.966. The van der Waals surface area contributed by atoms with E-state index in [0.717, 1.165) is 17.0 Å². The van der Waals surface area contributed by atoms with E-state index in [0.29, 0.717) is 17.5 Å². The Hall–Kier alpha value is -2.50. The number of pyridine rings is 1. The number of aryl methyl sites for hydroxylation is 3. The Morgan fingerprint density at radius 3 is 2.53 bits per heavy atom. The van der Waals surface area contributed by atoms with E-state index in [9.17, 15) is 0 Å². The Bertz CT molecular complexity index is 711. The fourth-order valence-electron chi connectivity index (χ4n) is 1.95. The molecule has 3 aromatic rings. The highest BCUT2D eigenvalue weighted by molar-refractivity contribution is 5.61. The number of rotatable bonds is 2. The molecule has 0 radical (unpaired) electrons. The molecule has 0 saturated carbocycles. The Kier molecular flexibility index (Phi) is 2.63. The Labute approximate surface area is 110 Å². The van der Waals surface area contributed by atoms with Gasteiger partial charge in [-0.3, -0.25) is 9.67 Å². The third-order valence-electron chi connectivity index (χ3n) is 2.81. The van der Waals surface area contributed by atoms with Crippen LogP contribution in [0.5, 0.6) is 0 Å². The maximum Gasteiger partial charge on any atom is 0.266 e. The lowest BCUT2D eigenvalue weighted by Gasteiger charge is -2.01. The van der Waals surface area contributed by atoms with Gasteiger partial charge in [-0.2, -0.15) is 5.10 Å². The Balaban J connectivity index is 1.97. The van der Waals surface area contributed by atoms with Crippen LogP contribution in [0, 0.1) is 13.8 Å².